The molecule has 0 aliphatic heterocycles. The fourth-order valence-corrected chi connectivity index (χ4v) is 2.01. The van der Waals surface area contributed by atoms with E-state index in [1.807, 2.05) is 18.2 Å². The largest absolute Gasteiger partial charge is 0.492 e. The zero-order valence-electron chi connectivity index (χ0n) is 14.3. The summed E-state index contributed by atoms with van der Waals surface area (Å²) in [5.74, 6) is 1.42. The summed E-state index contributed by atoms with van der Waals surface area (Å²) >= 11 is 0. The van der Waals surface area contributed by atoms with E-state index in [1.54, 1.807) is 13.1 Å². The van der Waals surface area contributed by atoms with Crippen LogP contribution in [0.15, 0.2) is 29.3 Å². The lowest BCUT2D eigenvalue weighted by Crippen LogP contribution is -2.39. The van der Waals surface area contributed by atoms with Crippen LogP contribution in [0.5, 0.6) is 5.75 Å². The van der Waals surface area contributed by atoms with E-state index in [4.69, 9.17) is 4.74 Å². The number of hydrogen-bond donors (Lipinski definition) is 3. The fourth-order valence-electron chi connectivity index (χ4n) is 2.01. The number of guanidine groups is 1. The van der Waals surface area contributed by atoms with Crippen molar-refractivity contribution in [2.24, 2.45) is 4.99 Å². The monoisotopic (exact) mass is 320 g/mol. The van der Waals surface area contributed by atoms with Gasteiger partial charge in [-0.15, -0.1) is 0 Å². The Hall–Kier alpha value is -2.24. The molecule has 1 aromatic rings. The highest BCUT2D eigenvalue weighted by molar-refractivity contribution is 5.88. The molecular formula is C17H28N4O2. The van der Waals surface area contributed by atoms with Crippen LogP contribution in [0, 0.1) is 0 Å². The van der Waals surface area contributed by atoms with Gasteiger partial charge in [-0.05, 0) is 18.6 Å². The predicted octanol–water partition coefficient (Wildman–Crippen LogP) is 2.38. The number of hydrogen-bond acceptors (Lipinski definition) is 3. The number of nitrogens with one attached hydrogen (secondary N) is 3. The van der Waals surface area contributed by atoms with E-state index in [1.165, 1.54) is 19.8 Å². The Kier molecular flexibility index (Phi) is 9.28. The van der Waals surface area contributed by atoms with Crippen LogP contribution < -0.4 is 20.7 Å². The van der Waals surface area contributed by atoms with Crippen LogP contribution in [0.3, 0.4) is 0 Å². The van der Waals surface area contributed by atoms with Gasteiger partial charge in [0.1, 0.15) is 12.4 Å². The van der Waals surface area contributed by atoms with Crippen molar-refractivity contribution in [3.05, 3.63) is 24.3 Å². The maximum absolute atomic E-state index is 11.0. The molecule has 0 spiro atoms. The lowest BCUT2D eigenvalue weighted by molar-refractivity contribution is -0.114. The molecule has 0 radical (unpaired) electrons. The van der Waals surface area contributed by atoms with Crippen molar-refractivity contribution >= 4 is 17.6 Å². The third-order valence-corrected chi connectivity index (χ3v) is 3.11. The van der Waals surface area contributed by atoms with E-state index in [2.05, 4.69) is 27.9 Å². The summed E-state index contributed by atoms with van der Waals surface area (Å²) in [6.07, 6.45) is 3.57. The molecule has 0 heterocycles. The number of unbranched alkanes of at least 4 members (excludes halogenated alkanes) is 2. The number of carbonyl (C=O) groups excluding carboxylic acids is 1. The molecule has 0 saturated carbocycles. The van der Waals surface area contributed by atoms with Crippen molar-refractivity contribution in [1.29, 1.82) is 0 Å². The van der Waals surface area contributed by atoms with Gasteiger partial charge in [0, 0.05) is 32.3 Å². The second kappa shape index (κ2) is 11.3. The van der Waals surface area contributed by atoms with Gasteiger partial charge in [0.15, 0.2) is 5.96 Å². The second-order valence-corrected chi connectivity index (χ2v) is 5.19. The molecule has 0 saturated heterocycles. The Bertz CT molecular complexity index is 503. The van der Waals surface area contributed by atoms with Crippen LogP contribution in [-0.4, -0.2) is 38.6 Å². The molecule has 1 rings (SSSR count). The van der Waals surface area contributed by atoms with Crippen LogP contribution in [0.1, 0.15) is 33.1 Å². The average Bonchev–Trinajstić information content (AvgIpc) is 2.53. The molecule has 0 unspecified atom stereocenters. The van der Waals surface area contributed by atoms with Gasteiger partial charge < -0.3 is 20.7 Å². The Morgan fingerprint density at radius 1 is 1.22 bits per heavy atom. The third kappa shape index (κ3) is 8.70. The zero-order valence-corrected chi connectivity index (χ0v) is 14.3. The van der Waals surface area contributed by atoms with Crippen molar-refractivity contribution in [3.8, 4) is 5.75 Å². The summed E-state index contributed by atoms with van der Waals surface area (Å²) in [7, 11) is 1.76. The molecular weight excluding hydrogens is 292 g/mol. The first-order chi connectivity index (χ1) is 11.2. The van der Waals surface area contributed by atoms with Crippen LogP contribution >= 0.6 is 0 Å². The normalized spacial score (nSPS) is 11.0. The molecule has 0 fully saturated rings. The summed E-state index contributed by atoms with van der Waals surface area (Å²) in [5, 5.41) is 9.21. The number of aliphatic imine (C=N–C) groups is 1. The predicted molar refractivity (Wildman–Crippen MR) is 95.1 cm³/mol. The molecule has 0 aliphatic carbocycles. The molecule has 6 heteroatoms. The van der Waals surface area contributed by atoms with E-state index >= 15 is 0 Å². The van der Waals surface area contributed by atoms with Crippen molar-refractivity contribution in [2.45, 2.75) is 33.1 Å². The van der Waals surface area contributed by atoms with Crippen LogP contribution in [0.4, 0.5) is 5.69 Å². The summed E-state index contributed by atoms with van der Waals surface area (Å²) in [4.78, 5) is 15.2. The van der Waals surface area contributed by atoms with Crippen LogP contribution in [-0.2, 0) is 4.79 Å². The van der Waals surface area contributed by atoms with Gasteiger partial charge in [0.25, 0.3) is 0 Å². The summed E-state index contributed by atoms with van der Waals surface area (Å²) in [6, 6.07) is 7.35. The Morgan fingerprint density at radius 2 is 2.00 bits per heavy atom. The number of rotatable bonds is 9. The number of ether oxygens (including phenoxy) is 1. The first-order valence-corrected chi connectivity index (χ1v) is 8.10. The number of anilines is 1. The van der Waals surface area contributed by atoms with Crippen molar-refractivity contribution < 1.29 is 9.53 Å². The molecule has 6 nitrogen and oxygen atoms in total. The standard InChI is InChI=1S/C17H28N4O2/c1-4-5-6-10-19-17(18-3)20-11-12-23-16-9-7-8-15(13-16)21-14(2)22/h7-9,13H,4-6,10-12H2,1-3H3,(H,21,22)(H2,18,19,20). The fraction of sp³-hybridized carbons (Fsp3) is 0.529. The number of nitrogens with zero attached hydrogens (tertiary/aromatic N) is 1. The average molecular weight is 320 g/mol. The Morgan fingerprint density at radius 3 is 2.70 bits per heavy atom. The smallest absolute Gasteiger partial charge is 0.221 e. The Labute approximate surface area is 138 Å². The van der Waals surface area contributed by atoms with Crippen molar-refractivity contribution in [1.82, 2.24) is 10.6 Å². The molecule has 0 bridgehead atoms. The number of benzene rings is 1. The van der Waals surface area contributed by atoms with E-state index in [9.17, 15) is 4.79 Å². The first-order valence-electron chi connectivity index (χ1n) is 8.10. The molecule has 0 aliphatic rings. The second-order valence-electron chi connectivity index (χ2n) is 5.19. The third-order valence-electron chi connectivity index (χ3n) is 3.11. The molecule has 0 atom stereocenters. The maximum Gasteiger partial charge on any atom is 0.221 e. The molecule has 23 heavy (non-hydrogen) atoms. The van der Waals surface area contributed by atoms with Gasteiger partial charge in [-0.2, -0.15) is 0 Å². The van der Waals surface area contributed by atoms with Crippen molar-refractivity contribution in [2.75, 3.05) is 32.1 Å². The molecule has 3 N–H and O–H groups in total. The minimum absolute atomic E-state index is 0.0956. The van der Waals surface area contributed by atoms with E-state index in [-0.39, 0.29) is 5.91 Å². The Balaban J connectivity index is 2.26. The summed E-state index contributed by atoms with van der Waals surface area (Å²) in [6.45, 7) is 5.76. The zero-order chi connectivity index (χ0) is 16.9. The van der Waals surface area contributed by atoms with Crippen LogP contribution in [0.2, 0.25) is 0 Å². The van der Waals surface area contributed by atoms with Gasteiger partial charge in [0.2, 0.25) is 5.91 Å². The van der Waals surface area contributed by atoms with Crippen LogP contribution in [0.25, 0.3) is 0 Å². The van der Waals surface area contributed by atoms with Gasteiger partial charge in [-0.1, -0.05) is 25.8 Å². The SMILES string of the molecule is CCCCCNC(=NC)NCCOc1cccc(NC(C)=O)c1. The molecule has 0 aromatic heterocycles. The molecule has 128 valence electrons. The minimum Gasteiger partial charge on any atom is -0.492 e. The summed E-state index contributed by atoms with van der Waals surface area (Å²) in [5.41, 5.74) is 0.733. The number of carbonyl (C=O) groups is 1. The quantitative estimate of drug-likeness (QED) is 0.371. The van der Waals surface area contributed by atoms with E-state index in [0.29, 0.717) is 13.2 Å². The first kappa shape index (κ1) is 18.8. The van der Waals surface area contributed by atoms with Gasteiger partial charge in [-0.25, -0.2) is 0 Å². The summed E-state index contributed by atoms with van der Waals surface area (Å²) < 4.78 is 5.67. The number of amides is 1. The van der Waals surface area contributed by atoms with Gasteiger partial charge in [-0.3, -0.25) is 9.79 Å². The molecule has 1 aromatic carbocycles. The van der Waals surface area contributed by atoms with E-state index in [0.717, 1.165) is 30.4 Å². The topological polar surface area (TPSA) is 74.8 Å². The van der Waals surface area contributed by atoms with Gasteiger partial charge in [0.05, 0.1) is 6.54 Å². The lowest BCUT2D eigenvalue weighted by Gasteiger charge is -2.12. The van der Waals surface area contributed by atoms with E-state index < -0.39 is 0 Å². The minimum atomic E-state index is -0.0956. The maximum atomic E-state index is 11.0. The van der Waals surface area contributed by atoms with Crippen molar-refractivity contribution in [3.63, 3.8) is 0 Å². The lowest BCUT2D eigenvalue weighted by atomic mass is 10.2. The highest BCUT2D eigenvalue weighted by Gasteiger charge is 2.00. The highest BCUT2D eigenvalue weighted by atomic mass is 16.5. The van der Waals surface area contributed by atoms with Gasteiger partial charge >= 0.3 is 0 Å². The molecule has 1 amide bonds. The highest BCUT2D eigenvalue weighted by Crippen LogP contribution is 2.16.